The maximum absolute atomic E-state index is 6.99. The summed E-state index contributed by atoms with van der Waals surface area (Å²) in [6, 6.07) is 7.59. The van der Waals surface area contributed by atoms with Gasteiger partial charge < -0.3 is 4.57 Å². The third-order valence-electron chi connectivity index (χ3n) is 3.40. The summed E-state index contributed by atoms with van der Waals surface area (Å²) in [6.07, 6.45) is 8.53. The molecule has 0 aliphatic heterocycles. The van der Waals surface area contributed by atoms with E-state index in [-0.39, 0.29) is 0 Å². The molecule has 0 aliphatic carbocycles. The quantitative estimate of drug-likeness (QED) is 0.688. The first kappa shape index (κ1) is 13.1. The molecule has 104 valence electrons. The Kier molecular flexibility index (Phi) is 3.52. The third kappa shape index (κ3) is 2.84. The van der Waals surface area contributed by atoms with E-state index in [1.165, 1.54) is 5.56 Å². The lowest BCUT2D eigenvalue weighted by molar-refractivity contribution is 0.700. The Balaban J connectivity index is 1.78. The molecule has 0 saturated heterocycles. The number of hydrogen-bond acceptors (Lipinski definition) is 2. The number of hydrogen-bond donors (Lipinski definition) is 0. The molecule has 0 N–H and O–H groups in total. The summed E-state index contributed by atoms with van der Waals surface area (Å²) in [7, 11) is 1.92. The topological polar surface area (TPSA) is 40.0 Å². The Labute approximate surface area is 123 Å². The Bertz CT molecular complexity index is 774. The van der Waals surface area contributed by atoms with E-state index in [0.29, 0.717) is 5.69 Å². The van der Waals surface area contributed by atoms with E-state index in [0.717, 1.165) is 24.2 Å². The van der Waals surface area contributed by atoms with Gasteiger partial charge >= 0.3 is 0 Å². The maximum atomic E-state index is 6.99. The second-order valence-electron chi connectivity index (χ2n) is 4.90. The van der Waals surface area contributed by atoms with Crippen LogP contribution in [0.25, 0.3) is 16.1 Å². The normalized spacial score (nSPS) is 10.5. The highest BCUT2D eigenvalue weighted by molar-refractivity contribution is 5.62. The lowest BCUT2D eigenvalue weighted by Crippen LogP contribution is -2.01. The van der Waals surface area contributed by atoms with Crippen molar-refractivity contribution in [3.8, 4) is 11.3 Å². The molecule has 2 aromatic heterocycles. The van der Waals surface area contributed by atoms with Crippen molar-refractivity contribution >= 4 is 5.69 Å². The van der Waals surface area contributed by atoms with Crippen LogP contribution >= 0.6 is 0 Å². The van der Waals surface area contributed by atoms with Crippen molar-refractivity contribution in [3.63, 3.8) is 0 Å². The molecule has 0 aliphatic rings. The summed E-state index contributed by atoms with van der Waals surface area (Å²) in [5.74, 6) is 0. The van der Waals surface area contributed by atoms with Gasteiger partial charge in [-0.3, -0.25) is 4.68 Å². The fourth-order valence-electron chi connectivity index (χ4n) is 2.30. The minimum absolute atomic E-state index is 0.653. The lowest BCUT2D eigenvalue weighted by Gasteiger charge is -2.07. The van der Waals surface area contributed by atoms with Crippen LogP contribution in [-0.2, 0) is 20.0 Å². The fraction of sp³-hybridized carbons (Fsp3) is 0.188. The van der Waals surface area contributed by atoms with Gasteiger partial charge in [0.05, 0.1) is 31.0 Å². The lowest BCUT2D eigenvalue weighted by atomic mass is 10.1. The summed E-state index contributed by atoms with van der Waals surface area (Å²) < 4.78 is 3.94. The van der Waals surface area contributed by atoms with Crippen molar-refractivity contribution < 1.29 is 0 Å². The fourth-order valence-corrected chi connectivity index (χ4v) is 2.30. The summed E-state index contributed by atoms with van der Waals surface area (Å²) in [5, 5.41) is 4.18. The summed E-state index contributed by atoms with van der Waals surface area (Å²) in [6.45, 7) is 7.85. The molecule has 0 radical (unpaired) electrons. The van der Waals surface area contributed by atoms with E-state index in [9.17, 15) is 0 Å². The molecule has 0 spiro atoms. The number of aryl methyl sites for hydroxylation is 3. The summed E-state index contributed by atoms with van der Waals surface area (Å²) in [5.41, 5.74) is 4.00. The van der Waals surface area contributed by atoms with Gasteiger partial charge in [-0.2, -0.15) is 5.10 Å². The van der Waals surface area contributed by atoms with E-state index >= 15 is 0 Å². The zero-order valence-corrected chi connectivity index (χ0v) is 11.8. The number of benzene rings is 1. The van der Waals surface area contributed by atoms with Crippen LogP contribution in [0.5, 0.6) is 0 Å². The zero-order valence-electron chi connectivity index (χ0n) is 11.8. The Morgan fingerprint density at radius 2 is 2.00 bits per heavy atom. The highest BCUT2D eigenvalue weighted by Crippen LogP contribution is 2.22. The Morgan fingerprint density at radius 1 is 1.19 bits per heavy atom. The number of nitrogens with zero attached hydrogens (tertiary/aromatic N) is 5. The monoisotopic (exact) mass is 277 g/mol. The van der Waals surface area contributed by atoms with Gasteiger partial charge in [0.15, 0.2) is 5.69 Å². The highest BCUT2D eigenvalue weighted by atomic mass is 15.2. The molecule has 5 heteroatoms. The SMILES string of the molecule is [C-]#[N+]c1ccc(-c2cncn2CCc2cnn(C)c2)cc1. The Morgan fingerprint density at radius 3 is 2.67 bits per heavy atom. The van der Waals surface area contributed by atoms with Crippen molar-refractivity contribution in [2.75, 3.05) is 0 Å². The standard InChI is InChI=1S/C16H15N5/c1-17-15-5-3-14(4-6-15)16-10-18-12-21(16)8-7-13-9-19-20(2)11-13/h3-6,9-12H,7-8H2,2H3. The van der Waals surface area contributed by atoms with Gasteiger partial charge in [-0.05, 0) is 17.5 Å². The Hall–Kier alpha value is -2.87. The van der Waals surface area contributed by atoms with E-state index < -0.39 is 0 Å². The van der Waals surface area contributed by atoms with E-state index in [2.05, 4.69) is 19.5 Å². The predicted octanol–water partition coefficient (Wildman–Crippen LogP) is 3.08. The van der Waals surface area contributed by atoms with E-state index in [1.807, 2.05) is 60.9 Å². The van der Waals surface area contributed by atoms with Crippen molar-refractivity contribution in [2.45, 2.75) is 13.0 Å². The molecule has 0 bridgehead atoms. The van der Waals surface area contributed by atoms with E-state index in [1.54, 1.807) is 0 Å². The van der Waals surface area contributed by atoms with Crippen LogP contribution in [0.1, 0.15) is 5.56 Å². The van der Waals surface area contributed by atoms with Gasteiger partial charge in [0, 0.05) is 19.8 Å². The van der Waals surface area contributed by atoms with Crippen LogP contribution < -0.4 is 0 Å². The summed E-state index contributed by atoms with van der Waals surface area (Å²) >= 11 is 0. The van der Waals surface area contributed by atoms with Crippen LogP contribution in [0.3, 0.4) is 0 Å². The van der Waals surface area contributed by atoms with Gasteiger partial charge in [-0.1, -0.05) is 24.3 Å². The molecule has 21 heavy (non-hydrogen) atoms. The molecular weight excluding hydrogens is 262 g/mol. The van der Waals surface area contributed by atoms with E-state index in [4.69, 9.17) is 6.57 Å². The van der Waals surface area contributed by atoms with Crippen LogP contribution in [0.4, 0.5) is 5.69 Å². The predicted molar refractivity (Wildman–Crippen MR) is 80.8 cm³/mol. The largest absolute Gasteiger partial charge is 0.330 e. The highest BCUT2D eigenvalue weighted by Gasteiger charge is 2.06. The smallest absolute Gasteiger partial charge is 0.187 e. The second-order valence-corrected chi connectivity index (χ2v) is 4.90. The van der Waals surface area contributed by atoms with Crippen molar-refractivity contribution in [3.05, 3.63) is 66.2 Å². The molecule has 0 atom stereocenters. The molecule has 5 nitrogen and oxygen atoms in total. The van der Waals surface area contributed by atoms with Crippen LogP contribution in [0, 0.1) is 6.57 Å². The molecule has 0 saturated carbocycles. The van der Waals surface area contributed by atoms with Gasteiger partial charge in [-0.15, -0.1) is 0 Å². The number of imidazole rings is 1. The average molecular weight is 277 g/mol. The summed E-state index contributed by atoms with van der Waals surface area (Å²) in [4.78, 5) is 7.65. The minimum Gasteiger partial charge on any atom is -0.330 e. The van der Waals surface area contributed by atoms with Gasteiger partial charge in [0.1, 0.15) is 0 Å². The molecule has 3 aromatic rings. The number of aromatic nitrogens is 4. The van der Waals surface area contributed by atoms with Crippen LogP contribution in [0.15, 0.2) is 49.2 Å². The third-order valence-corrected chi connectivity index (χ3v) is 3.40. The van der Waals surface area contributed by atoms with Crippen LogP contribution in [-0.4, -0.2) is 19.3 Å². The van der Waals surface area contributed by atoms with Gasteiger partial charge in [-0.25, -0.2) is 9.83 Å². The van der Waals surface area contributed by atoms with Crippen LogP contribution in [0.2, 0.25) is 0 Å². The molecule has 0 unspecified atom stereocenters. The maximum Gasteiger partial charge on any atom is 0.187 e. The molecular formula is C16H15N5. The zero-order chi connectivity index (χ0) is 14.7. The minimum atomic E-state index is 0.653. The second kappa shape index (κ2) is 5.63. The average Bonchev–Trinajstić information content (AvgIpc) is 3.14. The molecule has 3 rings (SSSR count). The first-order chi connectivity index (χ1) is 10.3. The number of rotatable bonds is 4. The van der Waals surface area contributed by atoms with Gasteiger partial charge in [0.25, 0.3) is 0 Å². The first-order valence-electron chi connectivity index (χ1n) is 6.72. The molecule has 0 fully saturated rings. The van der Waals surface area contributed by atoms with Crippen molar-refractivity contribution in [1.29, 1.82) is 0 Å². The first-order valence-corrected chi connectivity index (χ1v) is 6.72. The molecule has 1 aromatic carbocycles. The van der Waals surface area contributed by atoms with Crippen molar-refractivity contribution in [2.24, 2.45) is 7.05 Å². The van der Waals surface area contributed by atoms with Crippen molar-refractivity contribution in [1.82, 2.24) is 19.3 Å². The van der Waals surface area contributed by atoms with Gasteiger partial charge in [0.2, 0.25) is 0 Å². The molecule has 2 heterocycles. The molecule has 0 amide bonds.